The molecule has 0 aliphatic carbocycles. The summed E-state index contributed by atoms with van der Waals surface area (Å²) in [6, 6.07) is 71.1. The zero-order valence-corrected chi connectivity index (χ0v) is 28.8. The lowest BCUT2D eigenvalue weighted by Crippen LogP contribution is -2.34. The Balaban J connectivity index is 1.49. The van der Waals surface area contributed by atoms with Crippen molar-refractivity contribution in [1.82, 2.24) is 0 Å². The molecule has 0 saturated heterocycles. The lowest BCUT2D eigenvalue weighted by molar-refractivity contribution is 0.336. The van der Waals surface area contributed by atoms with E-state index in [9.17, 15) is 5.26 Å². The molecule has 0 saturated carbocycles. The third-order valence-electron chi connectivity index (χ3n) is 8.11. The van der Waals surface area contributed by atoms with Gasteiger partial charge in [0.25, 0.3) is 0 Å². The Morgan fingerprint density at radius 1 is 0.360 bits per heavy atom. The molecule has 0 bridgehead atoms. The molecule has 244 valence electrons. The van der Waals surface area contributed by atoms with Crippen LogP contribution in [0.1, 0.15) is 5.56 Å². The number of hydrogen-bond acceptors (Lipinski definition) is 4. The first kappa shape index (κ1) is 33.0. The molecular weight excluding hydrogens is 653 g/mol. The topological polar surface area (TPSA) is 51.5 Å². The van der Waals surface area contributed by atoms with Crippen LogP contribution in [-0.4, -0.2) is 7.32 Å². The minimum absolute atomic E-state index is 0.513. The number of hydrogen-bond donors (Lipinski definition) is 0. The van der Waals surface area contributed by atoms with Crippen LogP contribution in [0.25, 0.3) is 0 Å². The highest BCUT2D eigenvalue weighted by Gasteiger charge is 2.46. The zero-order chi connectivity index (χ0) is 34.1. The Labute approximate surface area is 297 Å². The van der Waals surface area contributed by atoms with Crippen LogP contribution in [0, 0.1) is 11.3 Å². The van der Waals surface area contributed by atoms with Crippen LogP contribution in [-0.2, 0) is 8.20 Å². The van der Waals surface area contributed by atoms with Crippen molar-refractivity contribution in [3.05, 3.63) is 212 Å². The molecule has 0 aliphatic rings. The molecule has 7 heteroatoms. The van der Waals surface area contributed by atoms with Gasteiger partial charge in [0.15, 0.2) is 0 Å². The molecule has 0 N–H and O–H groups in total. The van der Waals surface area contributed by atoms with Gasteiger partial charge in [0, 0.05) is 29.4 Å². The van der Waals surface area contributed by atoms with Gasteiger partial charge in [-0.25, -0.2) is 0 Å². The average Bonchev–Trinajstić information content (AvgIpc) is 3.21. The molecule has 7 rings (SSSR count). The molecule has 0 unspecified atom stereocenters. The quantitative estimate of drug-likeness (QED) is 0.120. The SMILES string of the molecule is N#Cc1ccc(OB(OS(c2ccccc2)(c2ccccc2)c2ccccc2)OS(c2ccccc2)(c2ccccc2)c2ccccc2)cc1. The summed E-state index contributed by atoms with van der Waals surface area (Å²) in [4.78, 5) is 5.97. The smallest absolute Gasteiger partial charge is 0.511 e. The van der Waals surface area contributed by atoms with Gasteiger partial charge < -0.3 is 12.9 Å². The van der Waals surface area contributed by atoms with Crippen LogP contribution < -0.4 is 4.65 Å². The van der Waals surface area contributed by atoms with Gasteiger partial charge in [-0.15, -0.1) is 0 Å². The fourth-order valence-electron chi connectivity index (χ4n) is 5.83. The van der Waals surface area contributed by atoms with E-state index in [0.717, 1.165) is 29.4 Å². The molecule has 0 atom stereocenters. The van der Waals surface area contributed by atoms with Crippen LogP contribution in [0.15, 0.2) is 236 Å². The maximum absolute atomic E-state index is 9.54. The molecular formula is C43H34BNO3S2. The van der Waals surface area contributed by atoms with Gasteiger partial charge in [-0.1, -0.05) is 130 Å². The number of nitriles is 1. The predicted molar refractivity (Wildman–Crippen MR) is 203 cm³/mol. The average molecular weight is 688 g/mol. The predicted octanol–water partition coefficient (Wildman–Crippen LogP) is 11.7. The van der Waals surface area contributed by atoms with E-state index in [1.807, 2.05) is 109 Å². The molecule has 0 radical (unpaired) electrons. The van der Waals surface area contributed by atoms with E-state index in [2.05, 4.69) is 78.9 Å². The van der Waals surface area contributed by atoms with Crippen molar-refractivity contribution in [2.24, 2.45) is 0 Å². The lowest BCUT2D eigenvalue weighted by atomic mass is 10.2. The van der Waals surface area contributed by atoms with Gasteiger partial charge in [-0.05, 0) is 97.1 Å². The maximum atomic E-state index is 9.54. The third kappa shape index (κ3) is 6.71. The van der Waals surface area contributed by atoms with Crippen molar-refractivity contribution in [2.45, 2.75) is 29.4 Å². The van der Waals surface area contributed by atoms with Crippen molar-refractivity contribution >= 4 is 27.9 Å². The van der Waals surface area contributed by atoms with Gasteiger partial charge in [-0.3, -0.25) is 0 Å². The summed E-state index contributed by atoms with van der Waals surface area (Å²) in [5.74, 6) is 0.513. The molecule has 0 aromatic heterocycles. The van der Waals surface area contributed by atoms with E-state index in [-0.39, 0.29) is 0 Å². The highest BCUT2D eigenvalue weighted by atomic mass is 32.3. The van der Waals surface area contributed by atoms with E-state index < -0.39 is 27.9 Å². The summed E-state index contributed by atoms with van der Waals surface area (Å²) in [7, 11) is -6.17. The zero-order valence-electron chi connectivity index (χ0n) is 27.2. The molecule has 0 heterocycles. The fraction of sp³-hybridized carbons (Fsp3) is 0. The van der Waals surface area contributed by atoms with E-state index in [4.69, 9.17) is 12.9 Å². The van der Waals surface area contributed by atoms with Crippen molar-refractivity contribution < 1.29 is 12.9 Å². The van der Waals surface area contributed by atoms with Crippen LogP contribution in [0.4, 0.5) is 0 Å². The normalized spacial score (nSPS) is 12.0. The Morgan fingerprint density at radius 2 is 0.620 bits per heavy atom. The summed E-state index contributed by atoms with van der Waals surface area (Å²) in [6.45, 7) is 0. The number of rotatable bonds is 12. The van der Waals surface area contributed by atoms with Crippen LogP contribution in [0.3, 0.4) is 0 Å². The van der Waals surface area contributed by atoms with E-state index in [1.54, 1.807) is 24.3 Å². The molecule has 7 aromatic rings. The van der Waals surface area contributed by atoms with Gasteiger partial charge in [0.2, 0.25) is 0 Å². The van der Waals surface area contributed by atoms with Crippen molar-refractivity contribution in [3.63, 3.8) is 0 Å². The second kappa shape index (κ2) is 15.4. The monoisotopic (exact) mass is 687 g/mol. The fourth-order valence-corrected chi connectivity index (χ4v) is 12.1. The molecule has 0 amide bonds. The summed E-state index contributed by atoms with van der Waals surface area (Å²) < 4.78 is 22.0. The standard InChI is InChI=1S/C43H34BNO3S2/c45-35-36-31-33-37(34-32-36)46-44(47-49(38-19-7-1-8-20-38,39-21-9-2-10-22-39)40-23-11-3-12-24-40)48-50(41-25-13-4-14-26-41,42-27-15-5-16-28-42)43-29-17-6-18-30-43/h1-34H. The highest BCUT2D eigenvalue weighted by Crippen LogP contribution is 2.73. The second-order valence-electron chi connectivity index (χ2n) is 11.2. The van der Waals surface area contributed by atoms with E-state index in [0.29, 0.717) is 11.3 Å². The van der Waals surface area contributed by atoms with Crippen LogP contribution in [0.5, 0.6) is 5.75 Å². The Morgan fingerprint density at radius 3 is 0.860 bits per heavy atom. The summed E-state index contributed by atoms with van der Waals surface area (Å²) in [6.07, 6.45) is 0. The minimum Gasteiger partial charge on any atom is -0.511 e. The first-order chi connectivity index (χ1) is 24.7. The van der Waals surface area contributed by atoms with Gasteiger partial charge in [-0.2, -0.15) is 5.26 Å². The largest absolute Gasteiger partial charge is 0.735 e. The molecule has 0 spiro atoms. The highest BCUT2D eigenvalue weighted by molar-refractivity contribution is 8.31. The van der Waals surface area contributed by atoms with Crippen LogP contribution in [0.2, 0.25) is 0 Å². The van der Waals surface area contributed by atoms with Crippen LogP contribution >= 0.6 is 20.6 Å². The van der Waals surface area contributed by atoms with Gasteiger partial charge in [0.05, 0.1) is 11.6 Å². The van der Waals surface area contributed by atoms with Crippen molar-refractivity contribution in [2.75, 3.05) is 0 Å². The van der Waals surface area contributed by atoms with Crippen molar-refractivity contribution in [1.29, 1.82) is 5.26 Å². The number of benzene rings is 7. The summed E-state index contributed by atoms with van der Waals surface area (Å²) in [5, 5.41) is 9.54. The summed E-state index contributed by atoms with van der Waals surface area (Å²) in [5.41, 5.74) is 0.534. The van der Waals surface area contributed by atoms with Gasteiger partial charge >= 0.3 is 7.32 Å². The Kier molecular flexibility index (Phi) is 10.2. The lowest BCUT2D eigenvalue weighted by Gasteiger charge is -2.45. The maximum Gasteiger partial charge on any atom is 0.735 e. The Hall–Kier alpha value is -5.49. The Bertz CT molecular complexity index is 1810. The molecule has 50 heavy (non-hydrogen) atoms. The first-order valence-electron chi connectivity index (χ1n) is 16.2. The molecule has 0 aliphatic heterocycles. The van der Waals surface area contributed by atoms with E-state index >= 15 is 0 Å². The molecule has 0 fully saturated rings. The van der Waals surface area contributed by atoms with E-state index in [1.165, 1.54) is 0 Å². The molecule has 4 nitrogen and oxygen atoms in total. The summed E-state index contributed by atoms with van der Waals surface area (Å²) >= 11 is 0. The van der Waals surface area contributed by atoms with Crippen molar-refractivity contribution in [3.8, 4) is 11.8 Å². The first-order valence-corrected chi connectivity index (χ1v) is 19.3. The second-order valence-corrected chi connectivity index (χ2v) is 16.7. The minimum atomic E-state index is -2.47. The third-order valence-corrected chi connectivity index (χ3v) is 14.6. The number of nitrogens with zero attached hydrogens (tertiary/aromatic N) is 1. The van der Waals surface area contributed by atoms with Gasteiger partial charge in [0.1, 0.15) is 5.75 Å². The molecule has 7 aromatic carbocycles.